The molecule has 1 atom stereocenters. The lowest BCUT2D eigenvalue weighted by Crippen LogP contribution is -2.31. The number of aliphatic hydroxyl groups excluding tert-OH is 1. The van der Waals surface area contributed by atoms with Gasteiger partial charge in [0.05, 0.1) is 26.4 Å². The summed E-state index contributed by atoms with van der Waals surface area (Å²) < 4.78 is 10.5. The molecule has 0 bridgehead atoms. The van der Waals surface area contributed by atoms with E-state index in [1.165, 1.54) is 0 Å². The number of thioether (sulfide) groups is 1. The van der Waals surface area contributed by atoms with Crippen LogP contribution in [0.1, 0.15) is 0 Å². The summed E-state index contributed by atoms with van der Waals surface area (Å²) in [6, 6.07) is 7.96. The number of ether oxygens (including phenoxy) is 2. The second kappa shape index (κ2) is 10.7. The number of benzene rings is 1. The Balaban J connectivity index is 2.11. The highest BCUT2D eigenvalue weighted by atomic mass is 32.2. The summed E-state index contributed by atoms with van der Waals surface area (Å²) in [5.41, 5.74) is 0. The molecule has 0 radical (unpaired) electrons. The molecular weight excluding hydrogens is 274 g/mol. The molecule has 0 heterocycles. The lowest BCUT2D eigenvalue weighted by atomic mass is 10.3. The molecule has 1 rings (SSSR count). The van der Waals surface area contributed by atoms with Gasteiger partial charge in [-0.1, -0.05) is 18.2 Å². The minimum atomic E-state index is -0.480. The second-order valence-corrected chi connectivity index (χ2v) is 5.32. The lowest BCUT2D eigenvalue weighted by Gasteiger charge is -2.12. The van der Waals surface area contributed by atoms with Crippen LogP contribution < -0.4 is 10.1 Å². The second-order valence-electron chi connectivity index (χ2n) is 4.18. The van der Waals surface area contributed by atoms with Gasteiger partial charge in [-0.05, 0) is 12.1 Å². The van der Waals surface area contributed by atoms with Gasteiger partial charge in [0.2, 0.25) is 0 Å². The van der Waals surface area contributed by atoms with Crippen molar-refractivity contribution in [2.24, 2.45) is 0 Å². The largest absolute Gasteiger partial charge is 0.496 e. The molecule has 0 amide bonds. The van der Waals surface area contributed by atoms with Gasteiger partial charge < -0.3 is 19.9 Å². The predicted molar refractivity (Wildman–Crippen MR) is 83.6 cm³/mol. The van der Waals surface area contributed by atoms with Gasteiger partial charge >= 0.3 is 0 Å². The highest BCUT2D eigenvalue weighted by Crippen LogP contribution is 2.27. The molecule has 1 aromatic rings. The maximum absolute atomic E-state index is 9.63. The molecule has 20 heavy (non-hydrogen) atoms. The Hall–Kier alpha value is -1.01. The van der Waals surface area contributed by atoms with Crippen molar-refractivity contribution in [2.45, 2.75) is 11.0 Å². The Morgan fingerprint density at radius 3 is 3.00 bits per heavy atom. The van der Waals surface area contributed by atoms with E-state index in [-0.39, 0.29) is 0 Å². The molecule has 0 aliphatic rings. The third-order valence-electron chi connectivity index (χ3n) is 2.53. The van der Waals surface area contributed by atoms with E-state index < -0.39 is 6.10 Å². The summed E-state index contributed by atoms with van der Waals surface area (Å²) in [6.07, 6.45) is 1.19. The Morgan fingerprint density at radius 1 is 1.45 bits per heavy atom. The van der Waals surface area contributed by atoms with E-state index in [1.807, 2.05) is 24.3 Å². The Kier molecular flexibility index (Phi) is 9.15. The molecule has 0 spiro atoms. The van der Waals surface area contributed by atoms with Crippen LogP contribution in [-0.2, 0) is 4.74 Å². The van der Waals surface area contributed by atoms with Crippen LogP contribution in [0.3, 0.4) is 0 Å². The SMILES string of the molecule is C=CCOC[C@H](O)CNCCSc1ccccc1OC. The first kappa shape index (κ1) is 17.0. The zero-order valence-corrected chi connectivity index (χ0v) is 12.7. The molecule has 0 aliphatic carbocycles. The maximum atomic E-state index is 9.63. The molecule has 1 aromatic carbocycles. The lowest BCUT2D eigenvalue weighted by molar-refractivity contribution is 0.0498. The van der Waals surface area contributed by atoms with Crippen molar-refractivity contribution in [1.29, 1.82) is 0 Å². The summed E-state index contributed by atoms with van der Waals surface area (Å²) >= 11 is 1.73. The van der Waals surface area contributed by atoms with Crippen LogP contribution in [0.5, 0.6) is 5.75 Å². The fourth-order valence-corrected chi connectivity index (χ4v) is 2.52. The Bertz CT molecular complexity index is 387. The highest BCUT2D eigenvalue weighted by molar-refractivity contribution is 7.99. The quantitative estimate of drug-likeness (QED) is 0.371. The van der Waals surface area contributed by atoms with Crippen molar-refractivity contribution >= 4 is 11.8 Å². The van der Waals surface area contributed by atoms with Crippen molar-refractivity contribution in [2.75, 3.05) is 39.2 Å². The van der Waals surface area contributed by atoms with Gasteiger partial charge in [-0.2, -0.15) is 0 Å². The van der Waals surface area contributed by atoms with Gasteiger partial charge in [-0.15, -0.1) is 18.3 Å². The first-order valence-electron chi connectivity index (χ1n) is 6.61. The normalized spacial score (nSPS) is 12.1. The van der Waals surface area contributed by atoms with Crippen LogP contribution in [0.25, 0.3) is 0 Å². The molecule has 0 saturated heterocycles. The van der Waals surface area contributed by atoms with E-state index in [0.29, 0.717) is 19.8 Å². The topological polar surface area (TPSA) is 50.7 Å². The smallest absolute Gasteiger partial charge is 0.132 e. The van der Waals surface area contributed by atoms with Crippen LogP contribution in [0.15, 0.2) is 41.8 Å². The molecule has 112 valence electrons. The first-order chi connectivity index (χ1) is 9.77. The first-order valence-corrected chi connectivity index (χ1v) is 7.59. The van der Waals surface area contributed by atoms with E-state index in [4.69, 9.17) is 9.47 Å². The zero-order chi connectivity index (χ0) is 14.6. The number of hydrogen-bond acceptors (Lipinski definition) is 5. The minimum absolute atomic E-state index is 0.332. The van der Waals surface area contributed by atoms with Crippen LogP contribution in [0, 0.1) is 0 Å². The predicted octanol–water partition coefficient (Wildman–Crippen LogP) is 1.94. The third kappa shape index (κ3) is 6.96. The number of hydrogen-bond donors (Lipinski definition) is 2. The van der Waals surface area contributed by atoms with E-state index in [0.717, 1.165) is 22.9 Å². The standard InChI is InChI=1S/C15H23NO3S/c1-3-9-19-12-13(17)11-16-8-10-20-15-7-5-4-6-14(15)18-2/h3-7,13,16-17H,1,8-12H2,2H3/t13-/m1/s1. The number of aliphatic hydroxyl groups is 1. The number of para-hydroxylation sites is 1. The zero-order valence-electron chi connectivity index (χ0n) is 11.9. The van der Waals surface area contributed by atoms with Crippen LogP contribution in [0.2, 0.25) is 0 Å². The average Bonchev–Trinajstić information content (AvgIpc) is 2.47. The summed E-state index contributed by atoms with van der Waals surface area (Å²) in [7, 11) is 1.68. The van der Waals surface area contributed by atoms with Crippen molar-refractivity contribution < 1.29 is 14.6 Å². The van der Waals surface area contributed by atoms with E-state index in [2.05, 4.69) is 11.9 Å². The van der Waals surface area contributed by atoms with E-state index >= 15 is 0 Å². The van der Waals surface area contributed by atoms with Gasteiger partial charge in [0, 0.05) is 23.7 Å². The highest BCUT2D eigenvalue weighted by Gasteiger charge is 2.04. The summed E-state index contributed by atoms with van der Waals surface area (Å²) in [5, 5.41) is 12.8. The van der Waals surface area contributed by atoms with Gasteiger partial charge in [0.25, 0.3) is 0 Å². The van der Waals surface area contributed by atoms with Crippen LogP contribution in [0.4, 0.5) is 0 Å². The van der Waals surface area contributed by atoms with E-state index in [9.17, 15) is 5.11 Å². The average molecular weight is 297 g/mol. The number of nitrogens with one attached hydrogen (secondary N) is 1. The molecule has 0 fully saturated rings. The van der Waals surface area contributed by atoms with Crippen molar-refractivity contribution in [3.63, 3.8) is 0 Å². The molecular formula is C15H23NO3S. The van der Waals surface area contributed by atoms with Crippen LogP contribution in [-0.4, -0.2) is 50.4 Å². The Morgan fingerprint density at radius 2 is 2.25 bits per heavy atom. The Labute approximate surface area is 125 Å². The third-order valence-corrected chi connectivity index (χ3v) is 3.59. The van der Waals surface area contributed by atoms with Gasteiger partial charge in [-0.3, -0.25) is 0 Å². The van der Waals surface area contributed by atoms with Crippen molar-refractivity contribution in [1.82, 2.24) is 5.32 Å². The summed E-state index contributed by atoms with van der Waals surface area (Å²) in [5.74, 6) is 1.82. The number of methoxy groups -OCH3 is 1. The van der Waals surface area contributed by atoms with E-state index in [1.54, 1.807) is 24.9 Å². The minimum Gasteiger partial charge on any atom is -0.496 e. The summed E-state index contributed by atoms with van der Waals surface area (Å²) in [6.45, 7) is 5.71. The summed E-state index contributed by atoms with van der Waals surface area (Å²) in [4.78, 5) is 1.13. The molecule has 5 heteroatoms. The fourth-order valence-electron chi connectivity index (χ4n) is 1.59. The van der Waals surface area contributed by atoms with Crippen molar-refractivity contribution in [3.05, 3.63) is 36.9 Å². The molecule has 4 nitrogen and oxygen atoms in total. The number of rotatable bonds is 11. The molecule has 0 unspecified atom stereocenters. The van der Waals surface area contributed by atoms with Gasteiger partial charge in [0.1, 0.15) is 5.75 Å². The van der Waals surface area contributed by atoms with Gasteiger partial charge in [-0.25, -0.2) is 0 Å². The molecule has 2 N–H and O–H groups in total. The van der Waals surface area contributed by atoms with Crippen molar-refractivity contribution in [3.8, 4) is 5.75 Å². The molecule has 0 aromatic heterocycles. The maximum Gasteiger partial charge on any atom is 0.132 e. The monoisotopic (exact) mass is 297 g/mol. The fraction of sp³-hybridized carbons (Fsp3) is 0.467. The van der Waals surface area contributed by atoms with Crippen LogP contribution >= 0.6 is 11.8 Å². The molecule has 0 saturated carbocycles. The molecule has 0 aliphatic heterocycles. The van der Waals surface area contributed by atoms with Gasteiger partial charge in [0.15, 0.2) is 0 Å².